The lowest BCUT2D eigenvalue weighted by atomic mass is 10.2. The molecule has 1 saturated carbocycles. The topological polar surface area (TPSA) is 21.3 Å². The quantitative estimate of drug-likeness (QED) is 0.803. The van der Waals surface area contributed by atoms with Crippen LogP contribution >= 0.6 is 0 Å². The Balaban J connectivity index is 1.90. The Morgan fingerprint density at radius 1 is 1.29 bits per heavy atom. The molecule has 0 aromatic heterocycles. The maximum atomic E-state index is 5.73. The minimum atomic E-state index is 0.567. The molecular formula is C15H23NO. The van der Waals surface area contributed by atoms with Crippen molar-refractivity contribution in [2.75, 3.05) is 11.9 Å². The molecule has 1 N–H and O–H groups in total. The van der Waals surface area contributed by atoms with Crippen molar-refractivity contribution in [1.29, 1.82) is 0 Å². The van der Waals surface area contributed by atoms with Crippen LogP contribution in [-0.4, -0.2) is 12.6 Å². The maximum Gasteiger partial charge on any atom is 0.121 e. The van der Waals surface area contributed by atoms with Crippen molar-refractivity contribution in [3.05, 3.63) is 24.3 Å². The molecule has 2 heteroatoms. The Hall–Kier alpha value is -1.18. The van der Waals surface area contributed by atoms with Crippen LogP contribution < -0.4 is 10.1 Å². The van der Waals surface area contributed by atoms with E-state index in [1.807, 2.05) is 6.07 Å². The second-order valence-corrected chi connectivity index (χ2v) is 5.50. The van der Waals surface area contributed by atoms with Crippen molar-refractivity contribution < 1.29 is 4.74 Å². The summed E-state index contributed by atoms with van der Waals surface area (Å²) in [6.07, 6.45) is 2.75. The summed E-state index contributed by atoms with van der Waals surface area (Å²) >= 11 is 0. The first-order chi connectivity index (χ1) is 8.15. The zero-order chi connectivity index (χ0) is 12.3. The molecule has 17 heavy (non-hydrogen) atoms. The average Bonchev–Trinajstić information content (AvgIpc) is 3.10. The molecule has 1 aliphatic rings. The SMILES string of the molecule is CC(C)COc1cccc(NC(C)C2CC2)c1. The molecule has 0 spiro atoms. The lowest BCUT2D eigenvalue weighted by molar-refractivity contribution is 0.271. The summed E-state index contributed by atoms with van der Waals surface area (Å²) in [5.41, 5.74) is 1.17. The highest BCUT2D eigenvalue weighted by Gasteiger charge is 2.27. The van der Waals surface area contributed by atoms with Crippen LogP contribution in [0.4, 0.5) is 5.69 Å². The third-order valence-electron chi connectivity index (χ3n) is 3.14. The number of benzene rings is 1. The van der Waals surface area contributed by atoms with Crippen molar-refractivity contribution in [3.63, 3.8) is 0 Å². The summed E-state index contributed by atoms with van der Waals surface area (Å²) in [5, 5.41) is 3.55. The van der Waals surface area contributed by atoms with E-state index in [1.165, 1.54) is 18.5 Å². The molecular weight excluding hydrogens is 210 g/mol. The van der Waals surface area contributed by atoms with Gasteiger partial charge in [-0.25, -0.2) is 0 Å². The van der Waals surface area contributed by atoms with Crippen molar-refractivity contribution in [3.8, 4) is 5.75 Å². The van der Waals surface area contributed by atoms with Crippen LogP contribution in [-0.2, 0) is 0 Å². The highest BCUT2D eigenvalue weighted by atomic mass is 16.5. The van der Waals surface area contributed by atoms with Gasteiger partial charge in [0.2, 0.25) is 0 Å². The maximum absolute atomic E-state index is 5.73. The fourth-order valence-electron chi connectivity index (χ4n) is 1.92. The van der Waals surface area contributed by atoms with Crippen molar-refractivity contribution in [1.82, 2.24) is 0 Å². The third kappa shape index (κ3) is 3.95. The minimum absolute atomic E-state index is 0.567. The largest absolute Gasteiger partial charge is 0.493 e. The van der Waals surface area contributed by atoms with Gasteiger partial charge in [-0.2, -0.15) is 0 Å². The van der Waals surface area contributed by atoms with Crippen LogP contribution in [0.2, 0.25) is 0 Å². The van der Waals surface area contributed by atoms with E-state index in [0.717, 1.165) is 18.3 Å². The molecule has 1 aromatic rings. The second-order valence-electron chi connectivity index (χ2n) is 5.50. The van der Waals surface area contributed by atoms with Gasteiger partial charge in [0.05, 0.1) is 6.61 Å². The molecule has 1 aliphatic carbocycles. The van der Waals surface area contributed by atoms with Gasteiger partial charge in [-0.3, -0.25) is 0 Å². The van der Waals surface area contributed by atoms with Gasteiger partial charge in [0.1, 0.15) is 5.75 Å². The molecule has 0 amide bonds. The third-order valence-corrected chi connectivity index (χ3v) is 3.14. The van der Waals surface area contributed by atoms with Gasteiger partial charge in [-0.15, -0.1) is 0 Å². The Morgan fingerprint density at radius 3 is 2.71 bits per heavy atom. The summed E-state index contributed by atoms with van der Waals surface area (Å²) in [4.78, 5) is 0. The van der Waals surface area contributed by atoms with E-state index in [4.69, 9.17) is 4.74 Å². The van der Waals surface area contributed by atoms with Crippen molar-refractivity contribution in [2.24, 2.45) is 11.8 Å². The Kier molecular flexibility index (Phi) is 3.93. The predicted octanol–water partition coefficient (Wildman–Crippen LogP) is 3.93. The summed E-state index contributed by atoms with van der Waals surface area (Å²) in [5.74, 6) is 2.40. The van der Waals surface area contributed by atoms with Crippen LogP contribution in [0, 0.1) is 11.8 Å². The molecule has 1 unspecified atom stereocenters. The van der Waals surface area contributed by atoms with Crippen molar-refractivity contribution >= 4 is 5.69 Å². The molecule has 2 nitrogen and oxygen atoms in total. The number of rotatable bonds is 6. The molecule has 1 aromatic carbocycles. The first kappa shape index (κ1) is 12.3. The van der Waals surface area contributed by atoms with E-state index in [2.05, 4.69) is 44.3 Å². The second kappa shape index (κ2) is 5.44. The molecule has 1 atom stereocenters. The normalized spacial score (nSPS) is 16.9. The molecule has 0 bridgehead atoms. The summed E-state index contributed by atoms with van der Waals surface area (Å²) in [6.45, 7) is 7.37. The lowest BCUT2D eigenvalue weighted by Gasteiger charge is -2.15. The van der Waals surface area contributed by atoms with Gasteiger partial charge in [0, 0.05) is 17.8 Å². The standard InChI is InChI=1S/C15H23NO/c1-11(2)10-17-15-6-4-5-14(9-15)16-12(3)13-7-8-13/h4-6,9,11-13,16H,7-8,10H2,1-3H3. The van der Waals surface area contributed by atoms with Crippen LogP contribution in [0.3, 0.4) is 0 Å². The fraction of sp³-hybridized carbons (Fsp3) is 0.600. The van der Waals surface area contributed by atoms with Gasteiger partial charge in [-0.05, 0) is 43.7 Å². The van der Waals surface area contributed by atoms with E-state index < -0.39 is 0 Å². The van der Waals surface area contributed by atoms with Gasteiger partial charge < -0.3 is 10.1 Å². The van der Waals surface area contributed by atoms with E-state index in [9.17, 15) is 0 Å². The zero-order valence-electron chi connectivity index (χ0n) is 11.1. The van der Waals surface area contributed by atoms with Gasteiger partial charge in [0.25, 0.3) is 0 Å². The number of hydrogen-bond acceptors (Lipinski definition) is 2. The molecule has 1 fully saturated rings. The monoisotopic (exact) mass is 233 g/mol. The summed E-state index contributed by atoms with van der Waals surface area (Å²) in [7, 11) is 0. The average molecular weight is 233 g/mol. The first-order valence-electron chi connectivity index (χ1n) is 6.64. The predicted molar refractivity (Wildman–Crippen MR) is 72.6 cm³/mol. The molecule has 0 saturated heterocycles. The minimum Gasteiger partial charge on any atom is -0.493 e. The van der Waals surface area contributed by atoms with Gasteiger partial charge in [0.15, 0.2) is 0 Å². The van der Waals surface area contributed by atoms with E-state index in [1.54, 1.807) is 0 Å². The molecule has 0 radical (unpaired) electrons. The Morgan fingerprint density at radius 2 is 2.06 bits per heavy atom. The van der Waals surface area contributed by atoms with E-state index in [-0.39, 0.29) is 0 Å². The summed E-state index contributed by atoms with van der Waals surface area (Å²) in [6, 6.07) is 8.87. The molecule has 0 heterocycles. The van der Waals surface area contributed by atoms with Gasteiger partial charge >= 0.3 is 0 Å². The molecule has 94 valence electrons. The van der Waals surface area contributed by atoms with Crippen LogP contribution in [0.15, 0.2) is 24.3 Å². The summed E-state index contributed by atoms with van der Waals surface area (Å²) < 4.78 is 5.73. The van der Waals surface area contributed by atoms with Crippen LogP contribution in [0.1, 0.15) is 33.6 Å². The zero-order valence-corrected chi connectivity index (χ0v) is 11.1. The number of anilines is 1. The fourth-order valence-corrected chi connectivity index (χ4v) is 1.92. The molecule has 2 rings (SSSR count). The smallest absolute Gasteiger partial charge is 0.121 e. The highest BCUT2D eigenvalue weighted by Crippen LogP contribution is 2.34. The highest BCUT2D eigenvalue weighted by molar-refractivity contribution is 5.49. The first-order valence-corrected chi connectivity index (χ1v) is 6.64. The number of hydrogen-bond donors (Lipinski definition) is 1. The van der Waals surface area contributed by atoms with E-state index in [0.29, 0.717) is 12.0 Å². The van der Waals surface area contributed by atoms with Gasteiger partial charge in [-0.1, -0.05) is 19.9 Å². The van der Waals surface area contributed by atoms with Crippen LogP contribution in [0.5, 0.6) is 5.75 Å². The molecule has 0 aliphatic heterocycles. The Bertz CT molecular complexity index is 358. The van der Waals surface area contributed by atoms with Crippen LogP contribution in [0.25, 0.3) is 0 Å². The Labute approximate surface area is 104 Å². The number of ether oxygens (including phenoxy) is 1. The van der Waals surface area contributed by atoms with Crippen molar-refractivity contribution in [2.45, 2.75) is 39.7 Å². The number of nitrogens with one attached hydrogen (secondary N) is 1. The lowest BCUT2D eigenvalue weighted by Crippen LogP contribution is -2.17. The van der Waals surface area contributed by atoms with E-state index >= 15 is 0 Å².